The molecule has 1 aromatic carbocycles. The number of fused-ring (bicyclic) bond motifs is 1. The van der Waals surface area contributed by atoms with E-state index < -0.39 is 46.7 Å². The molecule has 1 aliphatic rings. The van der Waals surface area contributed by atoms with Crippen LogP contribution in [0.4, 0.5) is 18.0 Å². The first-order valence-corrected chi connectivity index (χ1v) is 10.0. The lowest BCUT2D eigenvalue weighted by molar-refractivity contribution is -0.0214. The molecule has 0 aliphatic carbocycles. The predicted molar refractivity (Wildman–Crippen MR) is 110 cm³/mol. The number of aromatic nitrogens is 2. The molecule has 0 saturated carbocycles. The fourth-order valence-corrected chi connectivity index (χ4v) is 3.90. The van der Waals surface area contributed by atoms with Crippen LogP contribution in [0.3, 0.4) is 0 Å². The lowest BCUT2D eigenvalue weighted by Crippen LogP contribution is -2.45. The number of amides is 1. The minimum absolute atomic E-state index is 0.0501. The lowest BCUT2D eigenvalue weighted by Gasteiger charge is -2.31. The summed E-state index contributed by atoms with van der Waals surface area (Å²) in [6.45, 7) is 2.23. The number of pyridine rings is 1. The molecule has 0 unspecified atom stereocenters. The van der Waals surface area contributed by atoms with E-state index in [4.69, 9.17) is 4.74 Å². The van der Waals surface area contributed by atoms with Gasteiger partial charge in [-0.05, 0) is 30.7 Å². The highest BCUT2D eigenvalue weighted by atomic mass is 19.2. The van der Waals surface area contributed by atoms with Gasteiger partial charge in [-0.15, -0.1) is 0 Å². The summed E-state index contributed by atoms with van der Waals surface area (Å²) in [5.74, 6) is -5.53. The molecule has 1 amide bonds. The van der Waals surface area contributed by atoms with Gasteiger partial charge in [-0.2, -0.15) is 0 Å². The van der Waals surface area contributed by atoms with Gasteiger partial charge in [0.05, 0.1) is 43.3 Å². The zero-order valence-electron chi connectivity index (χ0n) is 17.8. The van der Waals surface area contributed by atoms with Crippen molar-refractivity contribution < 1.29 is 37.3 Å². The van der Waals surface area contributed by atoms with Gasteiger partial charge in [-0.25, -0.2) is 27.7 Å². The summed E-state index contributed by atoms with van der Waals surface area (Å²) < 4.78 is 56.4. The molecule has 2 aromatic heterocycles. The summed E-state index contributed by atoms with van der Waals surface area (Å²) in [5.41, 5.74) is -0.258. The third-order valence-corrected chi connectivity index (χ3v) is 5.51. The molecule has 3 aromatic rings. The molecular formula is C22H20F3N3O5. The molecule has 1 aliphatic heterocycles. The summed E-state index contributed by atoms with van der Waals surface area (Å²) in [7, 11) is 0.971. The summed E-state index contributed by atoms with van der Waals surface area (Å²) in [6, 6.07) is 4.02. The highest BCUT2D eigenvalue weighted by Gasteiger charge is 2.31. The fraction of sp³-hybridized carbons (Fsp3) is 0.318. The Bertz CT molecular complexity index is 1260. The maximum atomic E-state index is 15.1. The number of hydrogen-bond donors (Lipinski definition) is 1. The average molecular weight is 463 g/mol. The smallest absolute Gasteiger partial charge is 0.407 e. The van der Waals surface area contributed by atoms with Crippen LogP contribution in [-0.4, -0.2) is 64.4 Å². The van der Waals surface area contributed by atoms with E-state index in [2.05, 4.69) is 9.72 Å². The largest absolute Gasteiger partial charge is 0.465 e. The van der Waals surface area contributed by atoms with E-state index in [0.717, 1.165) is 12.7 Å². The Morgan fingerprint density at radius 2 is 2.03 bits per heavy atom. The van der Waals surface area contributed by atoms with Gasteiger partial charge in [0.1, 0.15) is 17.0 Å². The Kier molecular flexibility index (Phi) is 5.98. The third-order valence-electron chi connectivity index (χ3n) is 5.51. The third kappa shape index (κ3) is 4.11. The molecule has 11 heteroatoms. The Hall–Kier alpha value is -3.60. The Morgan fingerprint density at radius 3 is 2.73 bits per heavy atom. The maximum absolute atomic E-state index is 15.1. The summed E-state index contributed by atoms with van der Waals surface area (Å²) in [5, 5.41) is 9.29. The van der Waals surface area contributed by atoms with Gasteiger partial charge in [0, 0.05) is 19.2 Å². The quantitative estimate of drug-likeness (QED) is 0.471. The van der Waals surface area contributed by atoms with Gasteiger partial charge < -0.3 is 23.9 Å². The van der Waals surface area contributed by atoms with E-state index in [0.29, 0.717) is 17.4 Å². The van der Waals surface area contributed by atoms with Crippen molar-refractivity contribution in [1.29, 1.82) is 0 Å². The number of esters is 1. The van der Waals surface area contributed by atoms with Gasteiger partial charge in [-0.3, -0.25) is 0 Å². The van der Waals surface area contributed by atoms with Crippen molar-refractivity contribution in [3.8, 4) is 11.3 Å². The van der Waals surface area contributed by atoms with Gasteiger partial charge in [0.15, 0.2) is 11.6 Å². The standard InChI is InChI=1S/C22H20F3N3O5/c1-11-3-4-28-15(8-12-10-27(22(30)31)5-6-33-12)20(26-16(28)7-11)17-14(23)9-13(21(29)32-2)18(24)19(17)25/h3-4,7,9,12H,5-6,8,10H2,1-2H3,(H,30,31)/t12-/m0/s1. The van der Waals surface area contributed by atoms with Crippen LogP contribution in [0.2, 0.25) is 0 Å². The molecule has 3 heterocycles. The van der Waals surface area contributed by atoms with Crippen LogP contribution in [0.25, 0.3) is 16.9 Å². The van der Waals surface area contributed by atoms with Crippen LogP contribution in [-0.2, 0) is 15.9 Å². The molecular weight excluding hydrogens is 443 g/mol. The summed E-state index contributed by atoms with van der Waals surface area (Å²) in [6.07, 6.45) is 0.00116. The number of morpholine rings is 1. The Morgan fingerprint density at radius 1 is 1.27 bits per heavy atom. The van der Waals surface area contributed by atoms with Gasteiger partial charge in [-0.1, -0.05) is 0 Å². The average Bonchev–Trinajstić information content (AvgIpc) is 3.12. The summed E-state index contributed by atoms with van der Waals surface area (Å²) >= 11 is 0. The lowest BCUT2D eigenvalue weighted by atomic mass is 10.0. The van der Waals surface area contributed by atoms with E-state index >= 15 is 8.78 Å². The summed E-state index contributed by atoms with van der Waals surface area (Å²) in [4.78, 5) is 28.6. The molecule has 33 heavy (non-hydrogen) atoms. The van der Waals surface area contributed by atoms with Crippen molar-refractivity contribution in [2.75, 3.05) is 26.8 Å². The second-order valence-electron chi connectivity index (χ2n) is 7.67. The number of nitrogens with zero attached hydrogens (tertiary/aromatic N) is 3. The fourth-order valence-electron chi connectivity index (χ4n) is 3.90. The number of aryl methyl sites for hydroxylation is 1. The van der Waals surface area contributed by atoms with Crippen LogP contribution in [0.15, 0.2) is 24.4 Å². The van der Waals surface area contributed by atoms with Crippen molar-refractivity contribution in [3.05, 3.63) is 58.7 Å². The van der Waals surface area contributed by atoms with Crippen molar-refractivity contribution in [1.82, 2.24) is 14.3 Å². The zero-order valence-corrected chi connectivity index (χ0v) is 17.8. The van der Waals surface area contributed by atoms with Crippen LogP contribution in [0.1, 0.15) is 21.6 Å². The molecule has 0 bridgehead atoms. The number of carboxylic acid groups (broad SMARTS) is 1. The van der Waals surface area contributed by atoms with Gasteiger partial charge in [0.2, 0.25) is 0 Å². The number of carbonyl (C=O) groups is 2. The number of carbonyl (C=O) groups excluding carboxylic acids is 1. The second-order valence-corrected chi connectivity index (χ2v) is 7.67. The molecule has 1 saturated heterocycles. The molecule has 1 fully saturated rings. The first-order chi connectivity index (χ1) is 15.7. The first kappa shape index (κ1) is 22.6. The van der Waals surface area contributed by atoms with E-state index in [-0.39, 0.29) is 31.8 Å². The maximum Gasteiger partial charge on any atom is 0.407 e. The van der Waals surface area contributed by atoms with Crippen molar-refractivity contribution in [3.63, 3.8) is 0 Å². The number of methoxy groups -OCH3 is 1. The molecule has 0 radical (unpaired) electrons. The second kappa shape index (κ2) is 8.74. The van der Waals surface area contributed by atoms with Crippen LogP contribution in [0.5, 0.6) is 0 Å². The van der Waals surface area contributed by atoms with Crippen molar-refractivity contribution in [2.24, 2.45) is 0 Å². The Balaban J connectivity index is 1.86. The SMILES string of the molecule is COC(=O)c1cc(F)c(-c2nc3cc(C)ccn3c2C[C@H]2CN(C(=O)O)CCO2)c(F)c1F. The number of imidazole rings is 1. The van der Waals surface area contributed by atoms with Gasteiger partial charge in [0.25, 0.3) is 0 Å². The molecule has 0 spiro atoms. The minimum Gasteiger partial charge on any atom is -0.465 e. The molecule has 1 atom stereocenters. The molecule has 174 valence electrons. The van der Waals surface area contributed by atoms with E-state index in [9.17, 15) is 19.1 Å². The molecule has 8 nitrogen and oxygen atoms in total. The zero-order chi connectivity index (χ0) is 23.9. The highest BCUT2D eigenvalue weighted by molar-refractivity contribution is 5.90. The number of rotatable bonds is 4. The van der Waals surface area contributed by atoms with E-state index in [1.807, 2.05) is 6.92 Å². The van der Waals surface area contributed by atoms with E-state index in [1.165, 1.54) is 4.90 Å². The monoisotopic (exact) mass is 463 g/mol. The van der Waals surface area contributed by atoms with Crippen molar-refractivity contribution in [2.45, 2.75) is 19.4 Å². The molecule has 4 rings (SSSR count). The van der Waals surface area contributed by atoms with Crippen LogP contribution < -0.4 is 0 Å². The number of ether oxygens (including phenoxy) is 2. The normalized spacial score (nSPS) is 16.3. The topological polar surface area (TPSA) is 93.4 Å². The Labute approximate surface area is 186 Å². The highest BCUT2D eigenvalue weighted by Crippen LogP contribution is 2.33. The van der Waals surface area contributed by atoms with Crippen LogP contribution in [0, 0.1) is 24.4 Å². The van der Waals surface area contributed by atoms with Gasteiger partial charge >= 0.3 is 12.1 Å². The number of hydrogen-bond acceptors (Lipinski definition) is 5. The number of halogens is 3. The molecule has 1 N–H and O–H groups in total. The first-order valence-electron chi connectivity index (χ1n) is 10.0. The van der Waals surface area contributed by atoms with Crippen LogP contribution >= 0.6 is 0 Å². The van der Waals surface area contributed by atoms with Crippen molar-refractivity contribution >= 4 is 17.7 Å². The van der Waals surface area contributed by atoms with E-state index in [1.54, 1.807) is 22.7 Å². The minimum atomic E-state index is -1.58. The number of benzene rings is 1. The predicted octanol–water partition coefficient (Wildman–Crippen LogP) is 3.43.